The number of amides is 2. The summed E-state index contributed by atoms with van der Waals surface area (Å²) in [5.74, 6) is -0.185. The summed E-state index contributed by atoms with van der Waals surface area (Å²) in [6.45, 7) is 12.0. The number of nitrogen functional groups attached to an aromatic ring is 2. The molecule has 326 valence electrons. The number of hydrogen-bond acceptors (Lipinski definition) is 4. The first-order valence-corrected chi connectivity index (χ1v) is 22.6. The molecular formula is C60H54N4O2. The molecule has 2 atom stereocenters. The first-order valence-electron chi connectivity index (χ1n) is 22.6. The van der Waals surface area contributed by atoms with Crippen LogP contribution in [0, 0.1) is 27.7 Å². The highest BCUT2D eigenvalue weighted by molar-refractivity contribution is 6.13. The second kappa shape index (κ2) is 17.9. The van der Waals surface area contributed by atoms with Crippen molar-refractivity contribution < 1.29 is 9.59 Å². The fraction of sp³-hybridized carbons (Fsp3) is 0.133. The molecule has 0 aliphatic heterocycles. The molecule has 0 heterocycles. The van der Waals surface area contributed by atoms with Crippen LogP contribution in [0.25, 0.3) is 66.1 Å². The number of nitrogens with one attached hydrogen (secondary N) is 2. The second-order valence-corrected chi connectivity index (χ2v) is 17.6. The molecule has 0 spiro atoms. The smallest absolute Gasteiger partial charge is 0.252 e. The molecule has 9 aromatic rings. The third kappa shape index (κ3) is 8.07. The molecule has 9 rings (SSSR count). The van der Waals surface area contributed by atoms with E-state index in [2.05, 4.69) is 120 Å². The largest absolute Gasteiger partial charge is 0.397 e. The molecule has 6 heteroatoms. The highest BCUT2D eigenvalue weighted by atomic mass is 16.2. The monoisotopic (exact) mass is 862 g/mol. The maximum Gasteiger partial charge on any atom is 0.252 e. The molecule has 6 N–H and O–H groups in total. The van der Waals surface area contributed by atoms with Gasteiger partial charge in [-0.1, -0.05) is 170 Å². The van der Waals surface area contributed by atoms with Crippen molar-refractivity contribution >= 4 is 44.7 Å². The van der Waals surface area contributed by atoms with Gasteiger partial charge in [0.05, 0.1) is 23.5 Å². The van der Waals surface area contributed by atoms with Gasteiger partial charge in [-0.25, -0.2) is 0 Å². The third-order valence-electron chi connectivity index (χ3n) is 13.1. The van der Waals surface area contributed by atoms with Crippen molar-refractivity contribution in [3.8, 4) is 44.5 Å². The Hall–Kier alpha value is -7.96. The van der Waals surface area contributed by atoms with E-state index in [-0.39, 0.29) is 23.9 Å². The number of anilines is 2. The number of aryl methyl sites for hydroxylation is 4. The number of benzene rings is 9. The topological polar surface area (TPSA) is 110 Å². The van der Waals surface area contributed by atoms with Gasteiger partial charge in [-0.3, -0.25) is 9.59 Å². The van der Waals surface area contributed by atoms with E-state index >= 15 is 0 Å². The van der Waals surface area contributed by atoms with E-state index in [0.29, 0.717) is 22.5 Å². The third-order valence-corrected chi connectivity index (χ3v) is 13.1. The van der Waals surface area contributed by atoms with Gasteiger partial charge in [-0.15, -0.1) is 0 Å². The number of carbonyl (C=O) groups is 2. The summed E-state index contributed by atoms with van der Waals surface area (Å²) >= 11 is 0. The minimum atomic E-state index is -0.133. The van der Waals surface area contributed by atoms with Crippen molar-refractivity contribution in [3.63, 3.8) is 0 Å². The van der Waals surface area contributed by atoms with Crippen LogP contribution >= 0.6 is 0 Å². The quantitative estimate of drug-likeness (QED) is 0.103. The average Bonchev–Trinajstić information content (AvgIpc) is 3.31. The van der Waals surface area contributed by atoms with Gasteiger partial charge in [0, 0.05) is 22.3 Å². The van der Waals surface area contributed by atoms with Gasteiger partial charge in [-0.05, 0) is 130 Å². The minimum Gasteiger partial charge on any atom is -0.397 e. The summed E-state index contributed by atoms with van der Waals surface area (Å²) < 4.78 is 0. The van der Waals surface area contributed by atoms with Gasteiger partial charge >= 0.3 is 0 Å². The first-order chi connectivity index (χ1) is 31.9. The Morgan fingerprint density at radius 1 is 0.394 bits per heavy atom. The Morgan fingerprint density at radius 3 is 1.05 bits per heavy atom. The van der Waals surface area contributed by atoms with Crippen LogP contribution in [0.3, 0.4) is 0 Å². The van der Waals surface area contributed by atoms with Crippen molar-refractivity contribution in [1.82, 2.24) is 10.6 Å². The van der Waals surface area contributed by atoms with Crippen LogP contribution in [-0.4, -0.2) is 11.8 Å². The Labute approximate surface area is 387 Å². The number of carbonyl (C=O) groups excluding carboxylic acids is 2. The normalized spacial score (nSPS) is 12.2. The molecule has 0 aliphatic rings. The van der Waals surface area contributed by atoms with Crippen LogP contribution in [0.4, 0.5) is 11.4 Å². The van der Waals surface area contributed by atoms with Crippen molar-refractivity contribution in [2.24, 2.45) is 0 Å². The lowest BCUT2D eigenvalue weighted by atomic mass is 9.86. The molecule has 0 bridgehead atoms. The van der Waals surface area contributed by atoms with E-state index in [9.17, 15) is 9.59 Å². The summed E-state index contributed by atoms with van der Waals surface area (Å²) in [6.07, 6.45) is 0. The zero-order chi connectivity index (χ0) is 46.2. The Morgan fingerprint density at radius 2 is 0.712 bits per heavy atom. The second-order valence-electron chi connectivity index (χ2n) is 17.6. The number of nitrogens with two attached hydrogens (primary N) is 2. The molecule has 0 saturated carbocycles. The number of rotatable bonds is 10. The maximum absolute atomic E-state index is 13.7. The highest BCUT2D eigenvalue weighted by Gasteiger charge is 2.22. The minimum absolute atomic E-state index is 0.0924. The van der Waals surface area contributed by atoms with Crippen molar-refractivity contribution in [2.45, 2.75) is 53.6 Å². The SMILES string of the molecule is Cc1cc(-c2cccc3cccc(-c4ccc(-c5cccc6cccc(-c7cc(C)c(C(=O)N[C@H](C)c8ccccc8)c(C)c7)c56)c(N)c4N)c23)cc(C)c1C(=O)N[C@H](C)c1ccccc1. The zero-order valence-electron chi connectivity index (χ0n) is 38.3. The van der Waals surface area contributed by atoms with Crippen LogP contribution in [-0.2, 0) is 0 Å². The van der Waals surface area contributed by atoms with Crippen LogP contribution in [0.5, 0.6) is 0 Å². The van der Waals surface area contributed by atoms with Crippen LogP contribution in [0.2, 0.25) is 0 Å². The standard InChI is InChI=1S/C60H54N4O2/c1-35-31-45(32-36(2)53(35)59(65)63-39(5)41-17-9-7-10-18-41)47-25-13-21-43-23-15-27-49(55(43)47)51-29-30-52(58(62)57(51)61)50-28-16-24-44-22-14-26-48(56(44)50)46-33-37(3)54(38(4)34-46)60(66)64-40(6)42-19-11-8-12-20-42/h7-34,39-40H,61-62H2,1-6H3,(H,63,65)(H,64,66)/t39-,40-/m1/s1. The summed E-state index contributed by atoms with van der Waals surface area (Å²) in [7, 11) is 0. The summed E-state index contributed by atoms with van der Waals surface area (Å²) in [6, 6.07) is 57.6. The van der Waals surface area contributed by atoms with Crippen molar-refractivity contribution in [2.75, 3.05) is 11.5 Å². The van der Waals surface area contributed by atoms with Gasteiger partial charge in [0.15, 0.2) is 0 Å². The van der Waals surface area contributed by atoms with Gasteiger partial charge in [-0.2, -0.15) is 0 Å². The Kier molecular flexibility index (Phi) is 11.7. The molecule has 6 nitrogen and oxygen atoms in total. The highest BCUT2D eigenvalue weighted by Crippen LogP contribution is 2.46. The van der Waals surface area contributed by atoms with Crippen LogP contribution < -0.4 is 22.1 Å². The van der Waals surface area contributed by atoms with E-state index in [1.54, 1.807) is 0 Å². The Bertz CT molecular complexity index is 3060. The summed E-state index contributed by atoms with van der Waals surface area (Å²) in [5.41, 5.74) is 30.2. The van der Waals surface area contributed by atoms with E-state index in [0.717, 1.165) is 99.4 Å². The number of fused-ring (bicyclic) bond motifs is 2. The molecule has 66 heavy (non-hydrogen) atoms. The lowest BCUT2D eigenvalue weighted by Crippen LogP contribution is -2.28. The van der Waals surface area contributed by atoms with Crippen LogP contribution in [0.15, 0.2) is 170 Å². The van der Waals surface area contributed by atoms with Gasteiger partial charge in [0.2, 0.25) is 0 Å². The van der Waals surface area contributed by atoms with E-state index in [4.69, 9.17) is 11.5 Å². The first kappa shape index (κ1) is 43.3. The van der Waals surface area contributed by atoms with Crippen molar-refractivity contribution in [1.29, 1.82) is 0 Å². The molecule has 0 saturated heterocycles. The zero-order valence-corrected chi connectivity index (χ0v) is 38.3. The van der Waals surface area contributed by atoms with Gasteiger partial charge in [0.1, 0.15) is 0 Å². The average molecular weight is 863 g/mol. The van der Waals surface area contributed by atoms with Crippen LogP contribution in [0.1, 0.15) is 80.0 Å². The molecular weight excluding hydrogens is 809 g/mol. The Balaban J connectivity index is 1.08. The van der Waals surface area contributed by atoms with E-state index in [1.807, 2.05) is 102 Å². The predicted octanol–water partition coefficient (Wildman–Crippen LogP) is 14.0. The van der Waals surface area contributed by atoms with E-state index < -0.39 is 0 Å². The fourth-order valence-corrected chi connectivity index (χ4v) is 9.86. The molecule has 0 aromatic heterocycles. The summed E-state index contributed by atoms with van der Waals surface area (Å²) in [5, 5.41) is 10.7. The lowest BCUT2D eigenvalue weighted by molar-refractivity contribution is 0.0930. The molecule has 9 aromatic carbocycles. The molecule has 0 unspecified atom stereocenters. The van der Waals surface area contributed by atoms with Gasteiger partial charge in [0.25, 0.3) is 11.8 Å². The predicted molar refractivity (Wildman–Crippen MR) is 276 cm³/mol. The van der Waals surface area contributed by atoms with Gasteiger partial charge < -0.3 is 22.1 Å². The molecule has 0 aliphatic carbocycles. The maximum atomic E-state index is 13.7. The molecule has 2 amide bonds. The fourth-order valence-electron chi connectivity index (χ4n) is 9.86. The number of hydrogen-bond donors (Lipinski definition) is 4. The summed E-state index contributed by atoms with van der Waals surface area (Å²) in [4.78, 5) is 27.4. The van der Waals surface area contributed by atoms with E-state index in [1.165, 1.54) is 0 Å². The molecule has 0 fully saturated rings. The van der Waals surface area contributed by atoms with Crippen molar-refractivity contribution in [3.05, 3.63) is 214 Å². The lowest BCUT2D eigenvalue weighted by Gasteiger charge is -2.20. The molecule has 0 radical (unpaired) electrons.